The topological polar surface area (TPSA) is 44.1 Å². The van der Waals surface area contributed by atoms with E-state index in [0.29, 0.717) is 12.8 Å². The van der Waals surface area contributed by atoms with E-state index in [1.807, 2.05) is 0 Å². The van der Waals surface area contributed by atoms with Gasteiger partial charge in [-0.25, -0.2) is 0 Å². The van der Waals surface area contributed by atoms with Gasteiger partial charge in [0.15, 0.2) is 0 Å². The van der Waals surface area contributed by atoms with Gasteiger partial charge in [0.1, 0.15) is 0 Å². The number of nitrogens with zero attached hydrogens (tertiary/aromatic N) is 2. The molecule has 0 heterocycles. The highest BCUT2D eigenvalue weighted by Gasteiger charge is 2.46. The third-order valence-electron chi connectivity index (χ3n) is 1.96. The van der Waals surface area contributed by atoms with Crippen molar-refractivity contribution >= 4 is 5.91 Å². The summed E-state index contributed by atoms with van der Waals surface area (Å²) in [5.74, 6) is -1.82. The molecule has 0 radical (unpaired) electrons. The molecule has 78 valence electrons. The van der Waals surface area contributed by atoms with Crippen LogP contribution in [0, 0.1) is 11.3 Å². The minimum Gasteiger partial charge on any atom is -0.331 e. The maximum absolute atomic E-state index is 12.0. The van der Waals surface area contributed by atoms with Crippen LogP contribution in [0.1, 0.15) is 19.3 Å². The molecule has 0 atom stereocenters. The summed E-state index contributed by atoms with van der Waals surface area (Å²) in [6.07, 6.45) is -3.67. The van der Waals surface area contributed by atoms with Gasteiger partial charge in [-0.15, -0.1) is 0 Å². The molecular formula is C8H9F3N2O. The zero-order valence-corrected chi connectivity index (χ0v) is 7.34. The lowest BCUT2D eigenvalue weighted by Gasteiger charge is -2.22. The van der Waals surface area contributed by atoms with Crippen molar-refractivity contribution in [1.82, 2.24) is 4.90 Å². The van der Waals surface area contributed by atoms with Crippen LogP contribution in [0.5, 0.6) is 0 Å². The first-order valence-corrected chi connectivity index (χ1v) is 4.21. The van der Waals surface area contributed by atoms with Crippen LogP contribution in [-0.4, -0.2) is 29.6 Å². The van der Waals surface area contributed by atoms with Crippen molar-refractivity contribution in [2.75, 3.05) is 6.54 Å². The van der Waals surface area contributed by atoms with Crippen molar-refractivity contribution in [2.24, 2.45) is 0 Å². The summed E-state index contributed by atoms with van der Waals surface area (Å²) in [7, 11) is 0. The normalized spacial score (nSPS) is 16.1. The van der Waals surface area contributed by atoms with E-state index in [0.717, 1.165) is 4.90 Å². The van der Waals surface area contributed by atoms with Crippen LogP contribution in [0.25, 0.3) is 0 Å². The van der Waals surface area contributed by atoms with Gasteiger partial charge in [0.05, 0.1) is 12.5 Å². The van der Waals surface area contributed by atoms with Crippen LogP contribution in [0.2, 0.25) is 0 Å². The van der Waals surface area contributed by atoms with Gasteiger partial charge in [0, 0.05) is 12.6 Å². The summed E-state index contributed by atoms with van der Waals surface area (Å²) >= 11 is 0. The van der Waals surface area contributed by atoms with Gasteiger partial charge in [-0.05, 0) is 12.8 Å². The molecule has 1 aliphatic carbocycles. The van der Waals surface area contributed by atoms with Gasteiger partial charge in [-0.3, -0.25) is 4.79 Å². The van der Waals surface area contributed by atoms with Crippen LogP contribution in [0.3, 0.4) is 0 Å². The highest BCUT2D eigenvalue weighted by atomic mass is 19.4. The van der Waals surface area contributed by atoms with E-state index in [1.54, 1.807) is 6.07 Å². The lowest BCUT2D eigenvalue weighted by molar-refractivity contribution is -0.186. The van der Waals surface area contributed by atoms with Crippen LogP contribution in [-0.2, 0) is 4.79 Å². The smallest absolute Gasteiger partial charge is 0.331 e. The number of amides is 1. The van der Waals surface area contributed by atoms with Crippen molar-refractivity contribution in [2.45, 2.75) is 31.5 Å². The Morgan fingerprint density at radius 3 is 2.43 bits per heavy atom. The number of rotatable bonds is 3. The van der Waals surface area contributed by atoms with Gasteiger partial charge in [0.25, 0.3) is 0 Å². The lowest BCUT2D eigenvalue weighted by Crippen LogP contribution is -2.42. The predicted molar refractivity (Wildman–Crippen MR) is 41.0 cm³/mol. The zero-order chi connectivity index (χ0) is 10.8. The molecule has 1 aliphatic rings. The molecule has 1 fully saturated rings. The number of nitriles is 1. The molecule has 3 nitrogen and oxygen atoms in total. The second-order valence-electron chi connectivity index (χ2n) is 3.14. The van der Waals surface area contributed by atoms with Crippen molar-refractivity contribution in [3.05, 3.63) is 0 Å². The molecule has 0 N–H and O–H groups in total. The van der Waals surface area contributed by atoms with E-state index in [4.69, 9.17) is 5.26 Å². The standard InChI is InChI=1S/C8H9F3N2O/c9-8(10,11)7(14)13(5-1-4-12)6-2-3-6/h6H,1-3,5H2. The van der Waals surface area contributed by atoms with Crippen molar-refractivity contribution in [3.63, 3.8) is 0 Å². The Labute approximate surface area is 79.1 Å². The Hall–Kier alpha value is -1.25. The van der Waals surface area contributed by atoms with E-state index >= 15 is 0 Å². The first-order valence-electron chi connectivity index (χ1n) is 4.21. The zero-order valence-electron chi connectivity index (χ0n) is 7.34. The van der Waals surface area contributed by atoms with Gasteiger partial charge < -0.3 is 4.90 Å². The molecule has 14 heavy (non-hydrogen) atoms. The third kappa shape index (κ3) is 2.62. The molecule has 0 bridgehead atoms. The average Bonchev–Trinajstić information content (AvgIpc) is 2.86. The Bertz CT molecular complexity index is 265. The SMILES string of the molecule is N#CCCN(C(=O)C(F)(F)F)C1CC1. The van der Waals surface area contributed by atoms with Crippen molar-refractivity contribution in [1.29, 1.82) is 5.26 Å². The van der Waals surface area contributed by atoms with E-state index in [9.17, 15) is 18.0 Å². The Kier molecular flexibility index (Phi) is 2.99. The number of carbonyl (C=O) groups is 1. The maximum Gasteiger partial charge on any atom is 0.471 e. The largest absolute Gasteiger partial charge is 0.471 e. The fourth-order valence-electron chi connectivity index (χ4n) is 1.17. The van der Waals surface area contributed by atoms with Crippen molar-refractivity contribution < 1.29 is 18.0 Å². The minimum atomic E-state index is -4.82. The molecular weight excluding hydrogens is 197 g/mol. The number of carbonyl (C=O) groups excluding carboxylic acids is 1. The quantitative estimate of drug-likeness (QED) is 0.701. The fourth-order valence-corrected chi connectivity index (χ4v) is 1.17. The summed E-state index contributed by atoms with van der Waals surface area (Å²) in [6.45, 7) is -0.125. The molecule has 1 amide bonds. The third-order valence-corrected chi connectivity index (χ3v) is 1.96. The first-order chi connectivity index (χ1) is 6.46. The Balaban J connectivity index is 2.59. The second kappa shape index (κ2) is 3.86. The highest BCUT2D eigenvalue weighted by molar-refractivity contribution is 5.82. The minimum absolute atomic E-state index is 0.0572. The number of halogens is 3. The maximum atomic E-state index is 12.0. The molecule has 0 spiro atoms. The van der Waals surface area contributed by atoms with E-state index < -0.39 is 12.1 Å². The molecule has 6 heteroatoms. The van der Waals surface area contributed by atoms with Crippen LogP contribution >= 0.6 is 0 Å². The molecule has 1 rings (SSSR count). The van der Waals surface area contributed by atoms with Crippen molar-refractivity contribution in [3.8, 4) is 6.07 Å². The van der Waals surface area contributed by atoms with Crippen LogP contribution in [0.15, 0.2) is 0 Å². The summed E-state index contributed by atoms with van der Waals surface area (Å²) in [4.78, 5) is 11.6. The van der Waals surface area contributed by atoms with Gasteiger partial charge >= 0.3 is 12.1 Å². The monoisotopic (exact) mass is 206 g/mol. The first kappa shape index (κ1) is 10.8. The Morgan fingerprint density at radius 1 is 1.50 bits per heavy atom. The van der Waals surface area contributed by atoms with Crippen LogP contribution < -0.4 is 0 Å². The average molecular weight is 206 g/mol. The highest BCUT2D eigenvalue weighted by Crippen LogP contribution is 2.30. The predicted octanol–water partition coefficient (Wildman–Crippen LogP) is 1.45. The molecule has 0 aromatic rings. The number of hydrogen-bond acceptors (Lipinski definition) is 2. The number of hydrogen-bond donors (Lipinski definition) is 0. The molecule has 0 aromatic carbocycles. The van der Waals surface area contributed by atoms with Gasteiger partial charge in [-0.1, -0.05) is 0 Å². The Morgan fingerprint density at radius 2 is 2.07 bits per heavy atom. The second-order valence-corrected chi connectivity index (χ2v) is 3.14. The molecule has 0 saturated heterocycles. The van der Waals surface area contributed by atoms with Crippen LogP contribution in [0.4, 0.5) is 13.2 Å². The lowest BCUT2D eigenvalue weighted by atomic mass is 10.3. The molecule has 0 aliphatic heterocycles. The van der Waals surface area contributed by atoms with E-state index in [2.05, 4.69) is 0 Å². The summed E-state index contributed by atoms with van der Waals surface area (Å²) in [5, 5.41) is 8.23. The summed E-state index contributed by atoms with van der Waals surface area (Å²) in [5.41, 5.74) is 0. The molecule has 0 aromatic heterocycles. The summed E-state index contributed by atoms with van der Waals surface area (Å²) < 4.78 is 36.1. The molecule has 0 unspecified atom stereocenters. The molecule has 1 saturated carbocycles. The van der Waals surface area contributed by atoms with Gasteiger partial charge in [-0.2, -0.15) is 18.4 Å². The van der Waals surface area contributed by atoms with Gasteiger partial charge in [0.2, 0.25) is 0 Å². The number of alkyl halides is 3. The fraction of sp³-hybridized carbons (Fsp3) is 0.750. The summed E-state index contributed by atoms with van der Waals surface area (Å²) in [6, 6.07) is 1.42. The van der Waals surface area contributed by atoms with E-state index in [1.165, 1.54) is 0 Å². The van der Waals surface area contributed by atoms with E-state index in [-0.39, 0.29) is 19.0 Å².